The molecule has 20 heavy (non-hydrogen) atoms. The van der Waals surface area contributed by atoms with Crippen molar-refractivity contribution in [3.8, 4) is 0 Å². The number of nitrogens with zero attached hydrogens (tertiary/aromatic N) is 2. The number of amides is 1. The van der Waals surface area contributed by atoms with Crippen molar-refractivity contribution in [2.75, 3.05) is 26.2 Å². The average molecular weight is 279 g/mol. The third kappa shape index (κ3) is 3.17. The second kappa shape index (κ2) is 6.44. The van der Waals surface area contributed by atoms with Crippen LogP contribution in [0.2, 0.25) is 0 Å². The largest absolute Gasteiger partial charge is 0.341 e. The highest BCUT2D eigenvalue weighted by molar-refractivity contribution is 5.81. The normalized spacial score (nSPS) is 33.5. The molecule has 1 N–H and O–H groups in total. The molecule has 3 saturated heterocycles. The SMILES string of the molecule is CC(C(=O)N1CCCCCC1)N1CCC2CCC(C1)N2. The van der Waals surface area contributed by atoms with Crippen molar-refractivity contribution in [3.63, 3.8) is 0 Å². The lowest BCUT2D eigenvalue weighted by Gasteiger charge is -2.33. The Bertz CT molecular complexity index is 339. The van der Waals surface area contributed by atoms with E-state index in [1.165, 1.54) is 44.9 Å². The van der Waals surface area contributed by atoms with Gasteiger partial charge in [-0.25, -0.2) is 0 Å². The van der Waals surface area contributed by atoms with Crippen LogP contribution in [0.3, 0.4) is 0 Å². The van der Waals surface area contributed by atoms with Crippen molar-refractivity contribution in [1.29, 1.82) is 0 Å². The predicted molar refractivity (Wildman–Crippen MR) is 80.6 cm³/mol. The van der Waals surface area contributed by atoms with Gasteiger partial charge < -0.3 is 10.2 Å². The van der Waals surface area contributed by atoms with E-state index in [0.717, 1.165) is 26.2 Å². The minimum Gasteiger partial charge on any atom is -0.341 e. The highest BCUT2D eigenvalue weighted by atomic mass is 16.2. The summed E-state index contributed by atoms with van der Waals surface area (Å²) in [5.74, 6) is 0.365. The molecule has 0 saturated carbocycles. The van der Waals surface area contributed by atoms with Crippen LogP contribution < -0.4 is 5.32 Å². The van der Waals surface area contributed by atoms with Crippen molar-refractivity contribution in [1.82, 2.24) is 15.1 Å². The summed E-state index contributed by atoms with van der Waals surface area (Å²) in [6.07, 6.45) is 8.76. The Balaban J connectivity index is 1.59. The molecule has 0 radical (unpaired) electrons. The molecule has 0 aliphatic carbocycles. The van der Waals surface area contributed by atoms with Gasteiger partial charge in [0.05, 0.1) is 6.04 Å². The van der Waals surface area contributed by atoms with E-state index in [0.29, 0.717) is 18.0 Å². The van der Waals surface area contributed by atoms with Gasteiger partial charge in [-0.05, 0) is 39.0 Å². The maximum absolute atomic E-state index is 12.7. The number of carbonyl (C=O) groups excluding carboxylic acids is 1. The zero-order valence-electron chi connectivity index (χ0n) is 12.8. The van der Waals surface area contributed by atoms with Gasteiger partial charge in [0.15, 0.2) is 0 Å². The van der Waals surface area contributed by atoms with Gasteiger partial charge in [-0.3, -0.25) is 9.69 Å². The van der Waals surface area contributed by atoms with Crippen LogP contribution in [-0.2, 0) is 4.79 Å². The Morgan fingerprint density at radius 1 is 1.00 bits per heavy atom. The van der Waals surface area contributed by atoms with Gasteiger partial charge in [0, 0.05) is 38.3 Å². The maximum atomic E-state index is 12.7. The fraction of sp³-hybridized carbons (Fsp3) is 0.938. The predicted octanol–water partition coefficient (Wildman–Crippen LogP) is 1.60. The van der Waals surface area contributed by atoms with Gasteiger partial charge >= 0.3 is 0 Å². The van der Waals surface area contributed by atoms with Gasteiger partial charge in [-0.15, -0.1) is 0 Å². The highest BCUT2D eigenvalue weighted by Crippen LogP contribution is 2.22. The molecule has 2 bridgehead atoms. The van der Waals surface area contributed by atoms with Gasteiger partial charge in [-0.1, -0.05) is 12.8 Å². The second-order valence-corrected chi connectivity index (χ2v) is 6.84. The zero-order valence-corrected chi connectivity index (χ0v) is 12.8. The molecule has 3 unspecified atom stereocenters. The Morgan fingerprint density at radius 2 is 1.70 bits per heavy atom. The monoisotopic (exact) mass is 279 g/mol. The first-order chi connectivity index (χ1) is 9.74. The summed E-state index contributed by atoms with van der Waals surface area (Å²) in [7, 11) is 0. The lowest BCUT2D eigenvalue weighted by molar-refractivity contribution is -0.136. The smallest absolute Gasteiger partial charge is 0.239 e. The van der Waals surface area contributed by atoms with E-state index in [9.17, 15) is 4.79 Å². The summed E-state index contributed by atoms with van der Waals surface area (Å²) < 4.78 is 0. The second-order valence-electron chi connectivity index (χ2n) is 6.84. The highest BCUT2D eigenvalue weighted by Gasteiger charge is 2.34. The summed E-state index contributed by atoms with van der Waals surface area (Å²) in [6, 6.07) is 1.38. The molecule has 3 fully saturated rings. The Morgan fingerprint density at radius 3 is 2.45 bits per heavy atom. The van der Waals surface area contributed by atoms with Crippen LogP contribution >= 0.6 is 0 Å². The zero-order chi connectivity index (χ0) is 13.9. The minimum absolute atomic E-state index is 0.0641. The van der Waals surface area contributed by atoms with Crippen LogP contribution in [0.1, 0.15) is 51.9 Å². The van der Waals surface area contributed by atoms with Crippen LogP contribution in [0.5, 0.6) is 0 Å². The molecule has 0 aromatic heterocycles. The fourth-order valence-corrected chi connectivity index (χ4v) is 4.03. The number of likely N-dealkylation sites (tertiary alicyclic amines) is 2. The Kier molecular flexibility index (Phi) is 4.61. The summed E-state index contributed by atoms with van der Waals surface area (Å²) in [5.41, 5.74) is 0. The molecular weight excluding hydrogens is 250 g/mol. The van der Waals surface area contributed by atoms with Crippen molar-refractivity contribution in [3.05, 3.63) is 0 Å². The molecule has 3 atom stereocenters. The topological polar surface area (TPSA) is 35.6 Å². The molecule has 0 aromatic rings. The molecule has 114 valence electrons. The maximum Gasteiger partial charge on any atom is 0.239 e. The summed E-state index contributed by atoms with van der Waals surface area (Å²) in [4.78, 5) is 17.3. The van der Waals surface area contributed by atoms with E-state index in [4.69, 9.17) is 0 Å². The Labute approximate surface area is 122 Å². The van der Waals surface area contributed by atoms with E-state index >= 15 is 0 Å². The third-order valence-corrected chi connectivity index (χ3v) is 5.38. The molecule has 4 heteroatoms. The Hall–Kier alpha value is -0.610. The number of fused-ring (bicyclic) bond motifs is 2. The first-order valence-corrected chi connectivity index (χ1v) is 8.53. The molecule has 3 aliphatic heterocycles. The molecule has 3 rings (SSSR count). The lowest BCUT2D eigenvalue weighted by atomic mass is 10.1. The molecule has 0 spiro atoms. The molecule has 0 aromatic carbocycles. The van der Waals surface area contributed by atoms with E-state index in [1.54, 1.807) is 0 Å². The number of nitrogens with one attached hydrogen (secondary N) is 1. The van der Waals surface area contributed by atoms with E-state index < -0.39 is 0 Å². The number of hydrogen-bond donors (Lipinski definition) is 1. The number of rotatable bonds is 2. The van der Waals surface area contributed by atoms with E-state index in [1.807, 2.05) is 0 Å². The van der Waals surface area contributed by atoms with Crippen LogP contribution in [0.4, 0.5) is 0 Å². The average Bonchev–Trinajstić information content (AvgIpc) is 2.67. The quantitative estimate of drug-likeness (QED) is 0.834. The number of hydrogen-bond acceptors (Lipinski definition) is 3. The molecule has 3 aliphatic rings. The van der Waals surface area contributed by atoms with E-state index in [2.05, 4.69) is 22.0 Å². The van der Waals surface area contributed by atoms with Gasteiger partial charge in [0.2, 0.25) is 5.91 Å². The number of carbonyl (C=O) groups is 1. The van der Waals surface area contributed by atoms with Crippen molar-refractivity contribution >= 4 is 5.91 Å². The molecule has 4 nitrogen and oxygen atoms in total. The standard InChI is InChI=1S/C16H29N3O/c1-13(16(20)18-9-4-2-3-5-10-18)19-11-8-14-6-7-15(12-19)17-14/h13-15,17H,2-12H2,1H3. The fourth-order valence-electron chi connectivity index (χ4n) is 4.03. The third-order valence-electron chi connectivity index (χ3n) is 5.38. The van der Waals surface area contributed by atoms with Gasteiger partial charge in [-0.2, -0.15) is 0 Å². The van der Waals surface area contributed by atoms with Crippen LogP contribution in [0.15, 0.2) is 0 Å². The van der Waals surface area contributed by atoms with Crippen LogP contribution in [-0.4, -0.2) is 60.0 Å². The van der Waals surface area contributed by atoms with Crippen molar-refractivity contribution in [2.45, 2.75) is 70.0 Å². The van der Waals surface area contributed by atoms with Crippen molar-refractivity contribution < 1.29 is 4.79 Å². The first-order valence-electron chi connectivity index (χ1n) is 8.53. The summed E-state index contributed by atoms with van der Waals surface area (Å²) >= 11 is 0. The molecular formula is C16H29N3O. The summed E-state index contributed by atoms with van der Waals surface area (Å²) in [5, 5.41) is 3.70. The molecule has 3 heterocycles. The van der Waals surface area contributed by atoms with Crippen LogP contribution in [0, 0.1) is 0 Å². The van der Waals surface area contributed by atoms with E-state index in [-0.39, 0.29) is 6.04 Å². The van der Waals surface area contributed by atoms with Crippen molar-refractivity contribution in [2.24, 2.45) is 0 Å². The summed E-state index contributed by atoms with van der Waals surface area (Å²) in [6.45, 7) is 6.20. The van der Waals surface area contributed by atoms with Gasteiger partial charge in [0.25, 0.3) is 0 Å². The molecule has 1 amide bonds. The van der Waals surface area contributed by atoms with Crippen LogP contribution in [0.25, 0.3) is 0 Å². The van der Waals surface area contributed by atoms with Gasteiger partial charge in [0.1, 0.15) is 0 Å². The lowest BCUT2D eigenvalue weighted by Crippen LogP contribution is -2.49. The minimum atomic E-state index is 0.0641. The first kappa shape index (κ1) is 14.3.